The van der Waals surface area contributed by atoms with Crippen LogP contribution in [0.25, 0.3) is 0 Å². The Kier molecular flexibility index (Phi) is 4.25. The summed E-state index contributed by atoms with van der Waals surface area (Å²) in [5.74, 6) is 1.17. The maximum atomic E-state index is 12.0. The molecule has 1 aliphatic carbocycles. The van der Waals surface area contributed by atoms with Crippen LogP contribution in [-0.4, -0.2) is 29.4 Å². The van der Waals surface area contributed by atoms with Crippen LogP contribution < -0.4 is 4.74 Å². The molecular weight excluding hydrogens is 304 g/mol. The van der Waals surface area contributed by atoms with Gasteiger partial charge in [-0.3, -0.25) is 4.79 Å². The molecule has 1 saturated heterocycles. The van der Waals surface area contributed by atoms with Crippen LogP contribution in [0.4, 0.5) is 0 Å². The van der Waals surface area contributed by atoms with Crippen molar-refractivity contribution in [3.05, 3.63) is 29.3 Å². The molecule has 2 fully saturated rings. The lowest BCUT2D eigenvalue weighted by Gasteiger charge is -2.43. The van der Waals surface area contributed by atoms with Crippen molar-refractivity contribution in [3.63, 3.8) is 0 Å². The molecule has 1 aromatic carbocycles. The first-order chi connectivity index (χ1) is 11.6. The number of hydrogen-bond donors (Lipinski definition) is 1. The van der Waals surface area contributed by atoms with Crippen LogP contribution in [0.2, 0.25) is 0 Å². The van der Waals surface area contributed by atoms with E-state index < -0.39 is 11.7 Å². The third kappa shape index (κ3) is 3.04. The standard InChI is InChI=1S/C20H26O4/c21-17-12-19(22)24-20(13-17,16-3-1-2-4-16)9-7-14-5-6-18-15(11-14)8-10-23-18/h5-6,11,16-17,21H,1-4,7-10,12-13H2. The maximum Gasteiger partial charge on any atom is 0.308 e. The molecule has 0 spiro atoms. The molecule has 0 bridgehead atoms. The van der Waals surface area contributed by atoms with Crippen molar-refractivity contribution in [2.45, 2.75) is 69.5 Å². The summed E-state index contributed by atoms with van der Waals surface area (Å²) >= 11 is 0. The number of fused-ring (bicyclic) bond motifs is 1. The van der Waals surface area contributed by atoms with Crippen molar-refractivity contribution >= 4 is 5.97 Å². The van der Waals surface area contributed by atoms with Gasteiger partial charge >= 0.3 is 5.97 Å². The highest BCUT2D eigenvalue weighted by atomic mass is 16.6. The lowest BCUT2D eigenvalue weighted by Crippen LogP contribution is -2.49. The van der Waals surface area contributed by atoms with Gasteiger partial charge < -0.3 is 14.6 Å². The van der Waals surface area contributed by atoms with E-state index in [4.69, 9.17) is 9.47 Å². The number of ether oxygens (including phenoxy) is 2. The lowest BCUT2D eigenvalue weighted by atomic mass is 9.75. The molecule has 130 valence electrons. The van der Waals surface area contributed by atoms with E-state index in [0.29, 0.717) is 12.3 Å². The molecular formula is C20H26O4. The molecule has 4 nitrogen and oxygen atoms in total. The second-order valence-corrected chi connectivity index (χ2v) is 7.62. The van der Waals surface area contributed by atoms with Gasteiger partial charge in [-0.1, -0.05) is 25.0 Å². The van der Waals surface area contributed by atoms with Crippen LogP contribution in [0, 0.1) is 5.92 Å². The summed E-state index contributed by atoms with van der Waals surface area (Å²) in [5.41, 5.74) is 2.08. The third-order valence-corrected chi connectivity index (χ3v) is 5.99. The molecule has 4 rings (SSSR count). The number of esters is 1. The van der Waals surface area contributed by atoms with Crippen molar-refractivity contribution in [2.75, 3.05) is 6.61 Å². The number of aliphatic hydroxyl groups is 1. The minimum atomic E-state index is -0.555. The minimum Gasteiger partial charge on any atom is -0.493 e. The average Bonchev–Trinajstić information content (AvgIpc) is 3.23. The Labute approximate surface area is 143 Å². The Balaban J connectivity index is 1.52. The number of carbonyl (C=O) groups is 1. The number of rotatable bonds is 4. The molecule has 2 aliphatic heterocycles. The van der Waals surface area contributed by atoms with E-state index in [-0.39, 0.29) is 12.4 Å². The number of aliphatic hydroxyl groups excluding tert-OH is 1. The Morgan fingerprint density at radius 1 is 1.25 bits per heavy atom. The zero-order valence-electron chi connectivity index (χ0n) is 14.1. The predicted molar refractivity (Wildman–Crippen MR) is 90.0 cm³/mol. The van der Waals surface area contributed by atoms with Gasteiger partial charge in [0.25, 0.3) is 0 Å². The van der Waals surface area contributed by atoms with E-state index in [1.165, 1.54) is 24.0 Å². The summed E-state index contributed by atoms with van der Waals surface area (Å²) < 4.78 is 11.5. The Morgan fingerprint density at radius 2 is 2.08 bits per heavy atom. The predicted octanol–water partition coefficient (Wildman–Crippen LogP) is 3.18. The fourth-order valence-electron chi connectivity index (χ4n) is 4.78. The first kappa shape index (κ1) is 15.9. The molecule has 0 radical (unpaired) electrons. The van der Waals surface area contributed by atoms with Gasteiger partial charge in [0.2, 0.25) is 0 Å². The van der Waals surface area contributed by atoms with E-state index in [2.05, 4.69) is 18.2 Å². The smallest absolute Gasteiger partial charge is 0.308 e. The normalized spacial score (nSPS) is 30.0. The van der Waals surface area contributed by atoms with E-state index >= 15 is 0 Å². The molecule has 3 aliphatic rings. The quantitative estimate of drug-likeness (QED) is 0.862. The summed E-state index contributed by atoms with van der Waals surface area (Å²) in [7, 11) is 0. The molecule has 1 aromatic rings. The zero-order chi connectivity index (χ0) is 16.6. The van der Waals surface area contributed by atoms with Crippen molar-refractivity contribution < 1.29 is 19.4 Å². The van der Waals surface area contributed by atoms with Gasteiger partial charge in [-0.25, -0.2) is 0 Å². The van der Waals surface area contributed by atoms with Crippen molar-refractivity contribution in [2.24, 2.45) is 5.92 Å². The zero-order valence-corrected chi connectivity index (χ0v) is 14.1. The van der Waals surface area contributed by atoms with Crippen LogP contribution in [0.1, 0.15) is 56.1 Å². The van der Waals surface area contributed by atoms with Gasteiger partial charge in [-0.05, 0) is 48.8 Å². The highest BCUT2D eigenvalue weighted by Crippen LogP contribution is 2.44. The third-order valence-electron chi connectivity index (χ3n) is 5.99. The summed E-state index contributed by atoms with van der Waals surface area (Å²) in [6.45, 7) is 0.772. The molecule has 0 aromatic heterocycles. The molecule has 2 atom stereocenters. The molecule has 2 unspecified atom stereocenters. The highest BCUT2D eigenvalue weighted by Gasteiger charge is 2.47. The summed E-state index contributed by atoms with van der Waals surface area (Å²) in [5, 5.41) is 10.2. The first-order valence-corrected chi connectivity index (χ1v) is 9.29. The summed E-state index contributed by atoms with van der Waals surface area (Å²) in [6.07, 6.45) is 7.47. The molecule has 4 heteroatoms. The number of hydrogen-bond acceptors (Lipinski definition) is 4. The first-order valence-electron chi connectivity index (χ1n) is 9.29. The molecule has 24 heavy (non-hydrogen) atoms. The van der Waals surface area contributed by atoms with E-state index in [1.807, 2.05) is 0 Å². The highest BCUT2D eigenvalue weighted by molar-refractivity contribution is 5.71. The van der Waals surface area contributed by atoms with Crippen LogP contribution >= 0.6 is 0 Å². The number of benzene rings is 1. The minimum absolute atomic E-state index is 0.144. The summed E-state index contributed by atoms with van der Waals surface area (Å²) in [4.78, 5) is 12.0. The fourth-order valence-corrected chi connectivity index (χ4v) is 4.78. The van der Waals surface area contributed by atoms with Crippen molar-refractivity contribution in [3.8, 4) is 5.75 Å². The van der Waals surface area contributed by atoms with Gasteiger partial charge in [0.05, 0.1) is 19.1 Å². The van der Waals surface area contributed by atoms with Crippen molar-refractivity contribution in [1.82, 2.24) is 0 Å². The van der Waals surface area contributed by atoms with Crippen LogP contribution in [0.5, 0.6) is 5.75 Å². The molecule has 0 amide bonds. The van der Waals surface area contributed by atoms with Gasteiger partial charge in [0.15, 0.2) is 0 Å². The van der Waals surface area contributed by atoms with Gasteiger partial charge in [0, 0.05) is 12.8 Å². The fraction of sp³-hybridized carbons (Fsp3) is 0.650. The van der Waals surface area contributed by atoms with Gasteiger partial charge in [0.1, 0.15) is 11.4 Å². The molecule has 1 saturated carbocycles. The Hall–Kier alpha value is -1.55. The summed E-state index contributed by atoms with van der Waals surface area (Å²) in [6, 6.07) is 6.40. The van der Waals surface area contributed by atoms with Crippen LogP contribution in [0.3, 0.4) is 0 Å². The van der Waals surface area contributed by atoms with E-state index in [1.54, 1.807) is 0 Å². The average molecular weight is 330 g/mol. The SMILES string of the molecule is O=C1CC(O)CC(CCc2ccc3c(c2)CCO3)(C2CCCC2)O1. The second-order valence-electron chi connectivity index (χ2n) is 7.62. The number of aryl methyl sites for hydroxylation is 1. The Morgan fingerprint density at radius 3 is 2.88 bits per heavy atom. The van der Waals surface area contributed by atoms with Crippen molar-refractivity contribution in [1.29, 1.82) is 0 Å². The monoisotopic (exact) mass is 330 g/mol. The maximum absolute atomic E-state index is 12.0. The van der Waals surface area contributed by atoms with E-state index in [0.717, 1.165) is 44.5 Å². The van der Waals surface area contributed by atoms with Crippen LogP contribution in [-0.2, 0) is 22.4 Å². The topological polar surface area (TPSA) is 55.8 Å². The van der Waals surface area contributed by atoms with E-state index in [9.17, 15) is 9.90 Å². The largest absolute Gasteiger partial charge is 0.493 e. The second kappa shape index (κ2) is 6.40. The molecule has 2 heterocycles. The lowest BCUT2D eigenvalue weighted by molar-refractivity contribution is -0.186. The molecule has 1 N–H and O–H groups in total. The van der Waals surface area contributed by atoms with Gasteiger partial charge in [-0.2, -0.15) is 0 Å². The number of carbonyl (C=O) groups excluding carboxylic acids is 1. The van der Waals surface area contributed by atoms with Gasteiger partial charge in [-0.15, -0.1) is 0 Å². The Bertz CT molecular complexity index is 620. The van der Waals surface area contributed by atoms with Crippen LogP contribution in [0.15, 0.2) is 18.2 Å². The number of cyclic esters (lactones) is 1.